The Morgan fingerprint density at radius 1 is 1.12 bits per heavy atom. The highest BCUT2D eigenvalue weighted by molar-refractivity contribution is 6.07. The fraction of sp³-hybridized carbons (Fsp3) is 0.474. The number of amides is 1. The molecule has 0 saturated carbocycles. The Kier molecular flexibility index (Phi) is 5.72. The van der Waals surface area contributed by atoms with Crippen molar-refractivity contribution in [2.75, 3.05) is 20.8 Å². The SMILES string of the molecule is CCN(C(=O)c1cn(CC)c(=O)c2cc(OC)c(OC)cc12)C(C)C. The van der Waals surface area contributed by atoms with Crippen LogP contribution in [0.2, 0.25) is 0 Å². The molecular weight excluding hydrogens is 320 g/mol. The van der Waals surface area contributed by atoms with Gasteiger partial charge in [0.15, 0.2) is 11.5 Å². The maximum absolute atomic E-state index is 13.1. The second kappa shape index (κ2) is 7.59. The molecule has 0 N–H and O–H groups in total. The largest absolute Gasteiger partial charge is 0.493 e. The molecule has 1 aromatic carbocycles. The van der Waals surface area contributed by atoms with Crippen molar-refractivity contribution >= 4 is 16.7 Å². The van der Waals surface area contributed by atoms with Crippen LogP contribution < -0.4 is 15.0 Å². The van der Waals surface area contributed by atoms with Gasteiger partial charge in [0.25, 0.3) is 11.5 Å². The van der Waals surface area contributed by atoms with E-state index in [0.29, 0.717) is 40.9 Å². The molecule has 0 fully saturated rings. The lowest BCUT2D eigenvalue weighted by atomic mass is 10.0. The summed E-state index contributed by atoms with van der Waals surface area (Å²) in [5.41, 5.74) is 0.343. The lowest BCUT2D eigenvalue weighted by Gasteiger charge is -2.26. The minimum Gasteiger partial charge on any atom is -0.493 e. The molecule has 136 valence electrons. The first-order valence-electron chi connectivity index (χ1n) is 8.49. The van der Waals surface area contributed by atoms with Crippen molar-refractivity contribution in [3.63, 3.8) is 0 Å². The quantitative estimate of drug-likeness (QED) is 0.807. The third kappa shape index (κ3) is 3.34. The van der Waals surface area contributed by atoms with Crippen molar-refractivity contribution in [1.29, 1.82) is 0 Å². The van der Waals surface area contributed by atoms with Crippen molar-refractivity contribution in [3.8, 4) is 11.5 Å². The molecule has 1 heterocycles. The number of carbonyl (C=O) groups excluding carboxylic acids is 1. The number of hydrogen-bond donors (Lipinski definition) is 0. The first kappa shape index (κ1) is 18.8. The van der Waals surface area contributed by atoms with Crippen LogP contribution in [0.15, 0.2) is 23.1 Å². The van der Waals surface area contributed by atoms with E-state index in [9.17, 15) is 9.59 Å². The van der Waals surface area contributed by atoms with Gasteiger partial charge >= 0.3 is 0 Å². The molecular formula is C19H26N2O4. The third-order valence-electron chi connectivity index (χ3n) is 4.39. The van der Waals surface area contributed by atoms with Crippen molar-refractivity contribution in [1.82, 2.24) is 9.47 Å². The normalized spacial score (nSPS) is 11.0. The highest BCUT2D eigenvalue weighted by atomic mass is 16.5. The van der Waals surface area contributed by atoms with E-state index in [1.165, 1.54) is 14.2 Å². The predicted molar refractivity (Wildman–Crippen MR) is 98.8 cm³/mol. The molecule has 0 atom stereocenters. The molecule has 0 aliphatic rings. The van der Waals surface area contributed by atoms with Gasteiger partial charge in [-0.2, -0.15) is 0 Å². The number of aryl methyl sites for hydroxylation is 1. The second-order valence-electron chi connectivity index (χ2n) is 6.07. The maximum Gasteiger partial charge on any atom is 0.258 e. The zero-order valence-electron chi connectivity index (χ0n) is 15.8. The Labute approximate surface area is 148 Å². The number of ether oxygens (including phenoxy) is 2. The van der Waals surface area contributed by atoms with Gasteiger partial charge in [-0.15, -0.1) is 0 Å². The average Bonchev–Trinajstić information content (AvgIpc) is 2.61. The van der Waals surface area contributed by atoms with Crippen LogP contribution in [0.5, 0.6) is 11.5 Å². The van der Waals surface area contributed by atoms with Gasteiger partial charge < -0.3 is 18.9 Å². The lowest BCUT2D eigenvalue weighted by Crippen LogP contribution is -2.37. The van der Waals surface area contributed by atoms with Crippen molar-refractivity contribution in [3.05, 3.63) is 34.2 Å². The second-order valence-corrected chi connectivity index (χ2v) is 6.07. The fourth-order valence-electron chi connectivity index (χ4n) is 3.02. The number of pyridine rings is 1. The summed E-state index contributed by atoms with van der Waals surface area (Å²) in [4.78, 5) is 27.6. The van der Waals surface area contributed by atoms with Gasteiger partial charge in [-0.25, -0.2) is 0 Å². The molecule has 0 bridgehead atoms. The van der Waals surface area contributed by atoms with Crippen LogP contribution in [0.4, 0.5) is 0 Å². The smallest absolute Gasteiger partial charge is 0.258 e. The van der Waals surface area contributed by atoms with Crippen LogP contribution in [0.3, 0.4) is 0 Å². The van der Waals surface area contributed by atoms with Crippen LogP contribution in [-0.2, 0) is 6.54 Å². The molecule has 2 rings (SSSR count). The Bertz CT molecular complexity index is 839. The summed E-state index contributed by atoms with van der Waals surface area (Å²) in [7, 11) is 3.06. The van der Waals surface area contributed by atoms with Crippen LogP contribution in [0.1, 0.15) is 38.1 Å². The number of nitrogens with zero attached hydrogens (tertiary/aromatic N) is 2. The maximum atomic E-state index is 13.1. The minimum absolute atomic E-state index is 0.0645. The molecule has 25 heavy (non-hydrogen) atoms. The number of benzene rings is 1. The Hall–Kier alpha value is -2.50. The first-order valence-corrected chi connectivity index (χ1v) is 8.49. The van der Waals surface area contributed by atoms with Crippen LogP contribution >= 0.6 is 0 Å². The average molecular weight is 346 g/mol. The van der Waals surface area contributed by atoms with Gasteiger partial charge in [-0.1, -0.05) is 0 Å². The van der Waals surface area contributed by atoms with Crippen molar-refractivity contribution < 1.29 is 14.3 Å². The Morgan fingerprint density at radius 2 is 1.68 bits per heavy atom. The predicted octanol–water partition coefficient (Wildman–Crippen LogP) is 2.91. The fourth-order valence-corrected chi connectivity index (χ4v) is 3.02. The van der Waals surface area contributed by atoms with Gasteiger partial charge in [0.1, 0.15) is 0 Å². The summed E-state index contributed by atoms with van der Waals surface area (Å²) in [6, 6.07) is 3.41. The van der Waals surface area contributed by atoms with Gasteiger partial charge in [0, 0.05) is 30.7 Å². The van der Waals surface area contributed by atoms with Crippen LogP contribution in [-0.4, -0.2) is 42.2 Å². The number of fused-ring (bicyclic) bond motifs is 1. The van der Waals surface area contributed by atoms with E-state index in [4.69, 9.17) is 9.47 Å². The van der Waals surface area contributed by atoms with E-state index < -0.39 is 0 Å². The summed E-state index contributed by atoms with van der Waals surface area (Å²) in [5, 5.41) is 1.03. The van der Waals surface area contributed by atoms with E-state index >= 15 is 0 Å². The van der Waals surface area contributed by atoms with Gasteiger partial charge in [0.2, 0.25) is 0 Å². The summed E-state index contributed by atoms with van der Waals surface area (Å²) < 4.78 is 12.2. The van der Waals surface area contributed by atoms with Crippen LogP contribution in [0, 0.1) is 0 Å². The number of hydrogen-bond acceptors (Lipinski definition) is 4. The van der Waals surface area contributed by atoms with Crippen molar-refractivity contribution in [2.24, 2.45) is 0 Å². The molecule has 0 aliphatic heterocycles. The molecule has 6 nitrogen and oxygen atoms in total. The highest BCUT2D eigenvalue weighted by Gasteiger charge is 2.22. The molecule has 2 aromatic rings. The summed E-state index contributed by atoms with van der Waals surface area (Å²) in [5.74, 6) is 0.859. The van der Waals surface area contributed by atoms with E-state index in [1.54, 1.807) is 27.8 Å². The molecule has 0 radical (unpaired) electrons. The zero-order chi connectivity index (χ0) is 18.7. The number of methoxy groups -OCH3 is 2. The minimum atomic E-state index is -0.150. The topological polar surface area (TPSA) is 60.8 Å². The van der Waals surface area contributed by atoms with Gasteiger partial charge in [0.05, 0.1) is 25.2 Å². The van der Waals surface area contributed by atoms with Gasteiger partial charge in [-0.3, -0.25) is 9.59 Å². The van der Waals surface area contributed by atoms with E-state index in [0.717, 1.165) is 0 Å². The monoisotopic (exact) mass is 346 g/mol. The van der Waals surface area contributed by atoms with E-state index in [1.807, 2.05) is 27.7 Å². The van der Waals surface area contributed by atoms with Crippen molar-refractivity contribution in [2.45, 2.75) is 40.3 Å². The number of rotatable bonds is 6. The lowest BCUT2D eigenvalue weighted by molar-refractivity contribution is 0.0718. The highest BCUT2D eigenvalue weighted by Crippen LogP contribution is 2.32. The molecule has 0 spiro atoms. The summed E-state index contributed by atoms with van der Waals surface area (Å²) >= 11 is 0. The molecule has 0 unspecified atom stereocenters. The van der Waals surface area contributed by atoms with Gasteiger partial charge in [-0.05, 0) is 39.8 Å². The molecule has 0 saturated heterocycles. The zero-order valence-corrected chi connectivity index (χ0v) is 15.8. The molecule has 1 amide bonds. The first-order chi connectivity index (χ1) is 11.9. The summed E-state index contributed by atoms with van der Waals surface area (Å²) in [6.45, 7) is 8.85. The molecule has 1 aromatic heterocycles. The molecule has 6 heteroatoms. The Morgan fingerprint density at radius 3 is 2.12 bits per heavy atom. The molecule has 0 aliphatic carbocycles. The third-order valence-corrected chi connectivity index (χ3v) is 4.39. The summed E-state index contributed by atoms with van der Waals surface area (Å²) in [6.07, 6.45) is 1.64. The van der Waals surface area contributed by atoms with Crippen LogP contribution in [0.25, 0.3) is 10.8 Å². The van der Waals surface area contributed by atoms with E-state index in [-0.39, 0.29) is 17.5 Å². The van der Waals surface area contributed by atoms with E-state index in [2.05, 4.69) is 0 Å². The Balaban J connectivity index is 2.85. The number of carbonyl (C=O) groups is 1. The number of aromatic nitrogens is 1. The standard InChI is InChI=1S/C19H26N2O4/c1-7-20-11-15(19(23)21(8-2)12(3)4)13-9-16(24-5)17(25-6)10-14(13)18(20)22/h9-12H,7-8H2,1-6H3.